The van der Waals surface area contributed by atoms with Gasteiger partial charge in [-0.1, -0.05) is 0 Å². The molecule has 0 unspecified atom stereocenters. The molecular weight excluding hydrogens is 410 g/mol. The third-order valence-electron chi connectivity index (χ3n) is 5.17. The Hall–Kier alpha value is -3.04. The minimum atomic E-state index is -4.45. The molecule has 4 rings (SSSR count). The van der Waals surface area contributed by atoms with E-state index in [0.29, 0.717) is 35.5 Å². The fourth-order valence-corrected chi connectivity index (χ4v) is 3.52. The molecule has 0 aliphatic heterocycles. The van der Waals surface area contributed by atoms with Gasteiger partial charge >= 0.3 is 12.4 Å². The highest BCUT2D eigenvalue weighted by molar-refractivity contribution is 5.78. The normalized spacial score (nSPS) is 12.9. The second kappa shape index (κ2) is 6.75. The molecule has 30 heavy (non-hydrogen) atoms. The Bertz CT molecular complexity index is 1150. The van der Waals surface area contributed by atoms with Crippen molar-refractivity contribution in [2.24, 2.45) is 14.1 Å². The van der Waals surface area contributed by atoms with Gasteiger partial charge in [-0.3, -0.25) is 0 Å². The molecule has 10 heteroatoms. The molecule has 0 radical (unpaired) electrons. The smallest absolute Gasteiger partial charge is 0.331 e. The lowest BCUT2D eigenvalue weighted by Gasteiger charge is -2.06. The molecule has 0 N–H and O–H groups in total. The Labute approximate surface area is 166 Å². The molecule has 0 saturated heterocycles. The molecule has 4 nitrogen and oxygen atoms in total. The molecule has 0 saturated carbocycles. The Kier molecular flexibility index (Phi) is 4.55. The lowest BCUT2D eigenvalue weighted by molar-refractivity contribution is -0.138. The van der Waals surface area contributed by atoms with Crippen molar-refractivity contribution in [3.63, 3.8) is 0 Å². The zero-order valence-electron chi connectivity index (χ0n) is 15.9. The number of benzene rings is 2. The molecule has 0 aliphatic carbocycles. The number of imidazole rings is 2. The minimum Gasteiger partial charge on any atom is -0.331 e. The maximum atomic E-state index is 12.9. The summed E-state index contributed by atoms with van der Waals surface area (Å²) in [6, 6.07) is 6.79. The number of alkyl halides is 6. The van der Waals surface area contributed by atoms with E-state index in [1.807, 2.05) is 0 Å². The molecule has 2 aromatic heterocycles. The predicted octanol–water partition coefficient (Wildman–Crippen LogP) is 5.28. The van der Waals surface area contributed by atoms with Gasteiger partial charge in [0.2, 0.25) is 0 Å². The number of aromatic nitrogens is 4. The highest BCUT2D eigenvalue weighted by atomic mass is 19.4. The van der Waals surface area contributed by atoms with Crippen LogP contribution in [0.1, 0.15) is 22.8 Å². The number of hydrogen-bond acceptors (Lipinski definition) is 2. The monoisotopic (exact) mass is 426 g/mol. The summed E-state index contributed by atoms with van der Waals surface area (Å²) in [7, 11) is 3.42. The first-order valence-electron chi connectivity index (χ1n) is 9.00. The van der Waals surface area contributed by atoms with Crippen molar-refractivity contribution in [2.45, 2.75) is 25.2 Å². The molecular formula is C20H16F6N4. The number of hydrogen-bond donors (Lipinski definition) is 0. The zero-order valence-corrected chi connectivity index (χ0v) is 15.9. The average molecular weight is 426 g/mol. The third-order valence-corrected chi connectivity index (χ3v) is 5.17. The van der Waals surface area contributed by atoms with Crippen LogP contribution in [0.15, 0.2) is 36.4 Å². The van der Waals surface area contributed by atoms with Gasteiger partial charge in [0.15, 0.2) is 0 Å². The first kappa shape index (κ1) is 20.2. The van der Waals surface area contributed by atoms with Crippen LogP contribution in [-0.2, 0) is 39.3 Å². The fraction of sp³-hybridized carbons (Fsp3) is 0.300. The van der Waals surface area contributed by atoms with Crippen LogP contribution in [-0.4, -0.2) is 19.1 Å². The van der Waals surface area contributed by atoms with Crippen molar-refractivity contribution in [3.8, 4) is 0 Å². The van der Waals surface area contributed by atoms with E-state index in [2.05, 4.69) is 9.97 Å². The first-order chi connectivity index (χ1) is 13.9. The number of nitrogens with zero attached hydrogens (tertiary/aromatic N) is 4. The third kappa shape index (κ3) is 3.50. The number of rotatable bonds is 3. The fourth-order valence-electron chi connectivity index (χ4n) is 3.52. The van der Waals surface area contributed by atoms with E-state index in [-0.39, 0.29) is 11.0 Å². The van der Waals surface area contributed by atoms with Gasteiger partial charge in [0, 0.05) is 26.9 Å². The summed E-state index contributed by atoms with van der Waals surface area (Å²) >= 11 is 0. The van der Waals surface area contributed by atoms with E-state index in [1.165, 1.54) is 12.1 Å². The van der Waals surface area contributed by atoms with Crippen molar-refractivity contribution in [2.75, 3.05) is 0 Å². The lowest BCUT2D eigenvalue weighted by atomic mass is 10.2. The van der Waals surface area contributed by atoms with Crippen LogP contribution in [0.25, 0.3) is 22.1 Å². The van der Waals surface area contributed by atoms with E-state index >= 15 is 0 Å². The molecule has 2 heterocycles. The minimum absolute atomic E-state index is 0.238. The molecule has 0 fully saturated rings. The SMILES string of the molecule is Cn1c(CCc2nc3cc(C(F)(F)F)ccc3n2C)nc2cc(C(F)(F)F)ccc21. The highest BCUT2D eigenvalue weighted by Gasteiger charge is 2.32. The Morgan fingerprint density at radius 3 is 1.37 bits per heavy atom. The van der Waals surface area contributed by atoms with Crippen molar-refractivity contribution in [1.29, 1.82) is 0 Å². The van der Waals surface area contributed by atoms with Crippen molar-refractivity contribution >= 4 is 22.1 Å². The summed E-state index contributed by atoms with van der Waals surface area (Å²) < 4.78 is 81.0. The summed E-state index contributed by atoms with van der Waals surface area (Å²) in [6.45, 7) is 0. The molecule has 4 aromatic rings. The Balaban J connectivity index is 1.63. The van der Waals surface area contributed by atoms with Gasteiger partial charge in [-0.2, -0.15) is 26.3 Å². The molecule has 0 amide bonds. The average Bonchev–Trinajstić information content (AvgIpc) is 3.15. The number of halogens is 6. The van der Waals surface area contributed by atoms with E-state index in [4.69, 9.17) is 0 Å². The topological polar surface area (TPSA) is 35.6 Å². The molecule has 2 aromatic carbocycles. The van der Waals surface area contributed by atoms with Crippen LogP contribution < -0.4 is 0 Å². The molecule has 0 spiro atoms. The van der Waals surface area contributed by atoms with Gasteiger partial charge in [-0.15, -0.1) is 0 Å². The quantitative estimate of drug-likeness (QED) is 0.418. The molecule has 0 bridgehead atoms. The zero-order chi connectivity index (χ0) is 21.8. The van der Waals surface area contributed by atoms with Gasteiger partial charge in [-0.05, 0) is 36.4 Å². The van der Waals surface area contributed by atoms with Gasteiger partial charge in [0.25, 0.3) is 0 Å². The standard InChI is InChI=1S/C20H16F6N4/c1-29-15-5-3-11(19(21,22)23)9-13(15)27-17(29)7-8-18-28-14-10-12(20(24,25)26)4-6-16(14)30(18)2/h3-6,9-10H,7-8H2,1-2H3. The number of aryl methyl sites for hydroxylation is 4. The van der Waals surface area contributed by atoms with Crippen molar-refractivity contribution in [1.82, 2.24) is 19.1 Å². The van der Waals surface area contributed by atoms with Crippen molar-refractivity contribution < 1.29 is 26.3 Å². The molecule has 0 aliphatic rings. The van der Waals surface area contributed by atoms with E-state index in [1.54, 1.807) is 23.2 Å². The predicted molar refractivity (Wildman–Crippen MR) is 98.8 cm³/mol. The second-order valence-corrected chi connectivity index (χ2v) is 7.08. The maximum Gasteiger partial charge on any atom is 0.416 e. The van der Waals surface area contributed by atoms with Crippen LogP contribution >= 0.6 is 0 Å². The van der Waals surface area contributed by atoms with Crippen LogP contribution in [0.4, 0.5) is 26.3 Å². The number of fused-ring (bicyclic) bond motifs is 2. The summed E-state index contributed by atoms with van der Waals surface area (Å²) in [6.07, 6.45) is -8.16. The summed E-state index contributed by atoms with van der Waals surface area (Å²) in [5, 5.41) is 0. The highest BCUT2D eigenvalue weighted by Crippen LogP contribution is 2.32. The maximum absolute atomic E-state index is 12.9. The molecule has 158 valence electrons. The molecule has 0 atom stereocenters. The van der Waals surface area contributed by atoms with E-state index in [0.717, 1.165) is 24.3 Å². The van der Waals surface area contributed by atoms with Gasteiger partial charge < -0.3 is 9.13 Å². The van der Waals surface area contributed by atoms with Gasteiger partial charge in [0.1, 0.15) is 11.6 Å². The van der Waals surface area contributed by atoms with Crippen LogP contribution in [0.2, 0.25) is 0 Å². The van der Waals surface area contributed by atoms with Crippen LogP contribution in [0.3, 0.4) is 0 Å². The Morgan fingerprint density at radius 1 is 0.667 bits per heavy atom. The summed E-state index contributed by atoms with van der Waals surface area (Å²) in [5.41, 5.74) is 0.0749. The second-order valence-electron chi connectivity index (χ2n) is 7.08. The largest absolute Gasteiger partial charge is 0.416 e. The van der Waals surface area contributed by atoms with Crippen molar-refractivity contribution in [3.05, 3.63) is 59.2 Å². The summed E-state index contributed by atoms with van der Waals surface area (Å²) in [4.78, 5) is 8.62. The Morgan fingerprint density at radius 2 is 1.03 bits per heavy atom. The lowest BCUT2D eigenvalue weighted by Crippen LogP contribution is -2.05. The van der Waals surface area contributed by atoms with Crippen LogP contribution in [0, 0.1) is 0 Å². The summed E-state index contributed by atoms with van der Waals surface area (Å²) in [5.74, 6) is 1.12. The van der Waals surface area contributed by atoms with Crippen LogP contribution in [0.5, 0.6) is 0 Å². The van der Waals surface area contributed by atoms with Gasteiger partial charge in [-0.25, -0.2) is 9.97 Å². The van der Waals surface area contributed by atoms with E-state index in [9.17, 15) is 26.3 Å². The van der Waals surface area contributed by atoms with E-state index < -0.39 is 23.5 Å². The van der Waals surface area contributed by atoms with Gasteiger partial charge in [0.05, 0.1) is 33.2 Å². The first-order valence-corrected chi connectivity index (χ1v) is 9.00.